The van der Waals surface area contributed by atoms with E-state index in [-0.39, 0.29) is 12.6 Å². The van der Waals surface area contributed by atoms with Gasteiger partial charge < -0.3 is 20.5 Å². The highest BCUT2D eigenvalue weighted by Gasteiger charge is 2.12. The Balaban J connectivity index is 1.91. The van der Waals surface area contributed by atoms with Crippen molar-refractivity contribution >= 4 is 28.0 Å². The molecule has 0 radical (unpaired) electrons. The molecule has 0 aliphatic heterocycles. The summed E-state index contributed by atoms with van der Waals surface area (Å²) in [5.74, 6) is 1.71. The fourth-order valence-electron chi connectivity index (χ4n) is 2.62. The van der Waals surface area contributed by atoms with Crippen molar-refractivity contribution in [3.8, 4) is 16.9 Å². The van der Waals surface area contributed by atoms with Gasteiger partial charge in [0.05, 0.1) is 24.3 Å². The number of thiol groups is 1. The molecular weight excluding hydrogens is 390 g/mol. The van der Waals surface area contributed by atoms with Crippen LogP contribution in [0.3, 0.4) is 0 Å². The predicted molar refractivity (Wildman–Crippen MR) is 114 cm³/mol. The molecule has 3 aromatic rings. The lowest BCUT2D eigenvalue weighted by Crippen LogP contribution is -2.21. The Morgan fingerprint density at radius 1 is 1.17 bits per heavy atom. The largest absolute Gasteiger partial charge is 0.497 e. The summed E-state index contributed by atoms with van der Waals surface area (Å²) in [6.07, 6.45) is 1.71. The van der Waals surface area contributed by atoms with Gasteiger partial charge in [-0.15, -0.1) is 0 Å². The third-order valence-electron chi connectivity index (χ3n) is 4.20. The second-order valence-corrected chi connectivity index (χ2v) is 7.48. The molecule has 0 amide bonds. The average molecular weight is 414 g/mol. The number of aliphatic hydroxyl groups excluding tert-OH is 1. The van der Waals surface area contributed by atoms with Crippen molar-refractivity contribution < 1.29 is 14.1 Å². The Morgan fingerprint density at radius 2 is 1.86 bits per heavy atom. The van der Waals surface area contributed by atoms with Crippen molar-refractivity contribution in [2.24, 2.45) is 0 Å². The van der Waals surface area contributed by atoms with Gasteiger partial charge >= 0.3 is 0 Å². The van der Waals surface area contributed by atoms with Gasteiger partial charge in [-0.1, -0.05) is 12.1 Å². The zero-order valence-corrected chi connectivity index (χ0v) is 17.0. The Bertz CT molecular complexity index is 1030. The van der Waals surface area contributed by atoms with E-state index in [2.05, 4.69) is 20.6 Å². The van der Waals surface area contributed by atoms with Gasteiger partial charge in [-0.25, -0.2) is 9.19 Å². The molecule has 1 unspecified atom stereocenters. The van der Waals surface area contributed by atoms with Crippen LogP contribution in [0.5, 0.6) is 5.75 Å². The number of nitrogens with zero attached hydrogens (tertiary/aromatic N) is 2. The molecule has 9 heteroatoms. The first-order valence-electron chi connectivity index (χ1n) is 8.94. The maximum atomic E-state index is 11.2. The lowest BCUT2D eigenvalue weighted by Gasteiger charge is -2.17. The van der Waals surface area contributed by atoms with Crippen LogP contribution in [0.2, 0.25) is 0 Å². The maximum absolute atomic E-state index is 11.2. The van der Waals surface area contributed by atoms with Crippen LogP contribution in [0.15, 0.2) is 59.6 Å². The molecule has 1 heterocycles. The Morgan fingerprint density at radius 3 is 2.45 bits per heavy atom. The van der Waals surface area contributed by atoms with E-state index in [4.69, 9.17) is 9.52 Å². The van der Waals surface area contributed by atoms with Gasteiger partial charge in [0, 0.05) is 28.4 Å². The number of anilines is 3. The van der Waals surface area contributed by atoms with Crippen LogP contribution in [0.1, 0.15) is 6.92 Å². The number of hydrogen-bond acceptors (Lipinski definition) is 8. The van der Waals surface area contributed by atoms with Gasteiger partial charge in [0.15, 0.2) is 0 Å². The highest BCUT2D eigenvalue weighted by molar-refractivity contribution is 7.73. The minimum absolute atomic E-state index is 0.0401. The summed E-state index contributed by atoms with van der Waals surface area (Å²) in [4.78, 5) is 9.41. The van der Waals surface area contributed by atoms with E-state index in [1.807, 2.05) is 31.2 Å². The quantitative estimate of drug-likeness (QED) is 0.359. The number of rotatable bonds is 8. The Kier molecular flexibility index (Phi) is 6.63. The second-order valence-electron chi connectivity index (χ2n) is 6.38. The first-order valence-corrected chi connectivity index (χ1v) is 10.2. The van der Waals surface area contributed by atoms with Crippen LogP contribution < -0.4 is 15.4 Å². The molecule has 152 valence electrons. The molecule has 0 fully saturated rings. The molecule has 0 bridgehead atoms. The molecule has 3 rings (SSSR count). The van der Waals surface area contributed by atoms with Gasteiger partial charge in [-0.2, -0.15) is 4.98 Å². The summed E-state index contributed by atoms with van der Waals surface area (Å²) in [5.41, 5.74) is 2.41. The van der Waals surface area contributed by atoms with Gasteiger partial charge in [0.2, 0.25) is 5.95 Å². The van der Waals surface area contributed by atoms with E-state index >= 15 is 0 Å². The lowest BCUT2D eigenvalue weighted by molar-refractivity contribution is 0.281. The number of methoxy groups -OCH3 is 1. The normalized spacial score (nSPS) is 12.8. The number of aliphatic hydroxyl groups is 1. The van der Waals surface area contributed by atoms with E-state index in [1.54, 1.807) is 37.6 Å². The minimum atomic E-state index is -2.12. The summed E-state index contributed by atoms with van der Waals surface area (Å²) in [6, 6.07) is 14.1. The van der Waals surface area contributed by atoms with E-state index in [1.165, 1.54) is 0 Å². The van der Waals surface area contributed by atoms with E-state index in [0.29, 0.717) is 22.3 Å². The topological polar surface area (TPSA) is 120 Å². The summed E-state index contributed by atoms with van der Waals surface area (Å²) in [7, 11) is -0.505. The van der Waals surface area contributed by atoms with E-state index in [0.717, 1.165) is 16.9 Å². The zero-order valence-electron chi connectivity index (χ0n) is 16.1. The molecular formula is C20H23N5O3S. The number of aromatic nitrogens is 2. The lowest BCUT2D eigenvalue weighted by atomic mass is 10.1. The highest BCUT2D eigenvalue weighted by Crippen LogP contribution is 2.29. The fraction of sp³-hybridized carbons (Fsp3) is 0.200. The second kappa shape index (κ2) is 9.35. The predicted octanol–water partition coefficient (Wildman–Crippen LogP) is 3.29. The van der Waals surface area contributed by atoms with Crippen LogP contribution in [-0.4, -0.2) is 39.0 Å². The van der Waals surface area contributed by atoms with Gasteiger partial charge in [-0.3, -0.25) is 4.78 Å². The van der Waals surface area contributed by atoms with Crippen LogP contribution in [0.25, 0.3) is 11.1 Å². The van der Waals surface area contributed by atoms with Gasteiger partial charge in [0.1, 0.15) is 11.6 Å². The van der Waals surface area contributed by atoms with Gasteiger partial charge in [-0.05, 0) is 48.9 Å². The standard InChI is InChI=1S/C20H23N5O3S/c1-13(12-26)23-19-18(14-3-7-16(28-2)8-4-14)11-22-20(25-19)24-15-5-9-17(10-6-15)29(21)27/h3-11,13,21,26,29H,12H2,1-2H3,(H2,22,23,24,25)/t13-/m1/s1. The molecule has 0 saturated carbocycles. The number of ether oxygens (including phenoxy) is 1. The fourth-order valence-corrected chi connectivity index (χ4v) is 3.04. The average Bonchev–Trinajstić information content (AvgIpc) is 2.74. The first kappa shape index (κ1) is 20.6. The van der Waals surface area contributed by atoms with E-state index < -0.39 is 10.6 Å². The van der Waals surface area contributed by atoms with Crippen LogP contribution in [0, 0.1) is 4.78 Å². The summed E-state index contributed by atoms with van der Waals surface area (Å²) < 4.78 is 23.7. The highest BCUT2D eigenvalue weighted by atomic mass is 32.2. The van der Waals surface area contributed by atoms with Crippen molar-refractivity contribution in [1.82, 2.24) is 9.97 Å². The Hall–Kier alpha value is -3.17. The smallest absolute Gasteiger partial charge is 0.229 e. The third-order valence-corrected chi connectivity index (χ3v) is 4.97. The zero-order chi connectivity index (χ0) is 20.8. The first-order chi connectivity index (χ1) is 14.0. The van der Waals surface area contributed by atoms with Crippen molar-refractivity contribution in [3.63, 3.8) is 0 Å². The Labute approximate surface area is 171 Å². The molecule has 0 saturated heterocycles. The monoisotopic (exact) mass is 413 g/mol. The van der Waals surface area contributed by atoms with Crippen molar-refractivity contribution in [2.75, 3.05) is 24.4 Å². The van der Waals surface area contributed by atoms with Crippen molar-refractivity contribution in [1.29, 1.82) is 4.78 Å². The molecule has 4 N–H and O–H groups in total. The maximum Gasteiger partial charge on any atom is 0.229 e. The summed E-state index contributed by atoms with van der Waals surface area (Å²) in [5, 5.41) is 15.7. The van der Waals surface area contributed by atoms with E-state index in [9.17, 15) is 9.32 Å². The van der Waals surface area contributed by atoms with Crippen molar-refractivity contribution in [3.05, 3.63) is 54.7 Å². The third kappa shape index (κ3) is 5.21. The summed E-state index contributed by atoms with van der Waals surface area (Å²) in [6.45, 7) is 1.81. The molecule has 0 aliphatic rings. The molecule has 0 aliphatic carbocycles. The van der Waals surface area contributed by atoms with Crippen LogP contribution in [0.4, 0.5) is 17.5 Å². The van der Waals surface area contributed by atoms with Crippen LogP contribution >= 0.6 is 0 Å². The molecule has 2 atom stereocenters. The molecule has 1 aromatic heterocycles. The van der Waals surface area contributed by atoms with Gasteiger partial charge in [0.25, 0.3) is 0 Å². The summed E-state index contributed by atoms with van der Waals surface area (Å²) >= 11 is 0. The minimum Gasteiger partial charge on any atom is -0.497 e. The molecule has 2 aromatic carbocycles. The molecule has 0 spiro atoms. The SMILES string of the molecule is COc1ccc(-c2cnc(Nc3ccc([SH](=N)=O)cc3)nc2N[C@H](C)CO)cc1. The van der Waals surface area contributed by atoms with Crippen LogP contribution in [-0.2, 0) is 10.6 Å². The number of benzene rings is 2. The molecule has 29 heavy (non-hydrogen) atoms. The number of hydrogen-bond donors (Lipinski definition) is 5. The van der Waals surface area contributed by atoms with Crippen molar-refractivity contribution in [2.45, 2.75) is 17.9 Å². The number of nitrogens with one attached hydrogen (secondary N) is 3. The molecule has 8 nitrogen and oxygen atoms in total.